The fourth-order valence-corrected chi connectivity index (χ4v) is 3.69. The maximum absolute atomic E-state index is 14.0. The number of hydrogen-bond acceptors (Lipinski definition) is 3. The Hall–Kier alpha value is -2.59. The van der Waals surface area contributed by atoms with E-state index in [1.165, 1.54) is 27.7 Å². The monoisotopic (exact) mass is 489 g/mol. The van der Waals surface area contributed by atoms with Gasteiger partial charge in [-0.2, -0.15) is 23.4 Å². The van der Waals surface area contributed by atoms with Gasteiger partial charge in [-0.3, -0.25) is 14.2 Å². The third-order valence-corrected chi connectivity index (χ3v) is 5.64. The maximum Gasteiger partial charge on any atom is 0.435 e. The van der Waals surface area contributed by atoms with Gasteiger partial charge in [-0.05, 0) is 31.0 Å². The molecule has 0 saturated heterocycles. The number of hydrogen-bond donors (Lipinski definition) is 1. The van der Waals surface area contributed by atoms with Gasteiger partial charge in [-0.25, -0.2) is 4.39 Å². The van der Waals surface area contributed by atoms with E-state index in [-0.39, 0.29) is 46.9 Å². The summed E-state index contributed by atoms with van der Waals surface area (Å²) in [5.41, 5.74) is -0.263. The highest BCUT2D eigenvalue weighted by Crippen LogP contribution is 2.42. The number of nitrogens with zero attached hydrogens (tertiary/aromatic N) is 4. The molecule has 1 saturated carbocycles. The fraction of sp³-hybridized carbons (Fsp3) is 0.350. The highest BCUT2D eigenvalue weighted by atomic mass is 35.5. The van der Waals surface area contributed by atoms with E-state index in [9.17, 15) is 22.4 Å². The first kappa shape index (κ1) is 22.6. The first-order valence-electron chi connectivity index (χ1n) is 9.72. The first-order valence-corrected chi connectivity index (χ1v) is 10.5. The molecule has 3 aromatic rings. The maximum atomic E-state index is 14.0. The summed E-state index contributed by atoms with van der Waals surface area (Å²) < 4.78 is 55.5. The number of nitrogens with one attached hydrogen (secondary N) is 1. The Morgan fingerprint density at radius 2 is 1.94 bits per heavy atom. The van der Waals surface area contributed by atoms with Crippen molar-refractivity contribution in [1.82, 2.24) is 19.6 Å². The summed E-state index contributed by atoms with van der Waals surface area (Å²) in [6, 6.07) is 5.34. The quantitative estimate of drug-likeness (QED) is 0.445. The van der Waals surface area contributed by atoms with Crippen LogP contribution in [-0.2, 0) is 24.1 Å². The van der Waals surface area contributed by atoms with Crippen molar-refractivity contribution in [2.75, 3.05) is 5.32 Å². The summed E-state index contributed by atoms with van der Waals surface area (Å²) in [7, 11) is 0. The lowest BCUT2D eigenvalue weighted by Gasteiger charge is -2.07. The van der Waals surface area contributed by atoms with Crippen molar-refractivity contribution in [2.24, 2.45) is 0 Å². The molecule has 0 radical (unpaired) electrons. The van der Waals surface area contributed by atoms with Crippen LogP contribution in [0.15, 0.2) is 30.5 Å². The number of amides is 1. The Labute approximate surface area is 190 Å². The van der Waals surface area contributed by atoms with Gasteiger partial charge in [0.2, 0.25) is 5.91 Å². The molecule has 0 spiro atoms. The second-order valence-corrected chi connectivity index (χ2v) is 8.29. The van der Waals surface area contributed by atoms with Crippen LogP contribution in [0.4, 0.5) is 23.4 Å². The highest BCUT2D eigenvalue weighted by Gasteiger charge is 2.37. The molecular weight excluding hydrogens is 473 g/mol. The van der Waals surface area contributed by atoms with Gasteiger partial charge in [-0.15, -0.1) is 0 Å². The molecule has 0 bridgehead atoms. The Kier molecular flexibility index (Phi) is 6.17. The van der Waals surface area contributed by atoms with Crippen LogP contribution in [0, 0.1) is 5.82 Å². The van der Waals surface area contributed by atoms with E-state index in [1.54, 1.807) is 6.07 Å². The average molecular weight is 490 g/mol. The number of aryl methyl sites for hydroxylation is 1. The standard InChI is InChI=1S/C20H17Cl2F4N5O/c21-13-2-1-3-15(23)12(13)9-30-10-14(22)19(29-30)27-18(32)6-7-31-16(11-4-5-11)8-17(28-31)20(24,25)26/h1-3,8,10-11H,4-7,9H2,(H,27,29,32). The highest BCUT2D eigenvalue weighted by molar-refractivity contribution is 6.33. The molecule has 1 aliphatic carbocycles. The molecule has 12 heteroatoms. The van der Waals surface area contributed by atoms with Gasteiger partial charge < -0.3 is 5.32 Å². The molecule has 0 aliphatic heterocycles. The lowest BCUT2D eigenvalue weighted by Crippen LogP contribution is -2.17. The molecule has 170 valence electrons. The van der Waals surface area contributed by atoms with E-state index in [0.717, 1.165) is 18.9 Å². The third kappa shape index (κ3) is 5.07. The minimum atomic E-state index is -4.54. The number of anilines is 1. The van der Waals surface area contributed by atoms with Crippen LogP contribution in [0.5, 0.6) is 0 Å². The van der Waals surface area contributed by atoms with E-state index in [2.05, 4.69) is 15.5 Å². The summed E-state index contributed by atoms with van der Waals surface area (Å²) in [5, 5.41) is 10.6. The molecule has 0 unspecified atom stereocenters. The molecule has 6 nitrogen and oxygen atoms in total. The van der Waals surface area contributed by atoms with Crippen LogP contribution >= 0.6 is 23.2 Å². The van der Waals surface area contributed by atoms with Gasteiger partial charge in [0.05, 0.1) is 6.54 Å². The summed E-state index contributed by atoms with van der Waals surface area (Å²) in [5.74, 6) is -0.898. The molecular formula is C20H17Cl2F4N5O. The lowest BCUT2D eigenvalue weighted by molar-refractivity contribution is -0.141. The Balaban J connectivity index is 1.41. The molecule has 1 fully saturated rings. The molecule has 2 aromatic heterocycles. The van der Waals surface area contributed by atoms with Crippen LogP contribution in [0.1, 0.15) is 42.1 Å². The van der Waals surface area contributed by atoms with Crippen LogP contribution < -0.4 is 5.32 Å². The summed E-state index contributed by atoms with van der Waals surface area (Å²) >= 11 is 12.1. The van der Waals surface area contributed by atoms with Gasteiger partial charge in [0.1, 0.15) is 10.8 Å². The van der Waals surface area contributed by atoms with Crippen LogP contribution in [-0.4, -0.2) is 25.5 Å². The van der Waals surface area contributed by atoms with Crippen molar-refractivity contribution >= 4 is 34.9 Å². The fourth-order valence-electron chi connectivity index (χ4n) is 3.27. The first-order chi connectivity index (χ1) is 15.1. The van der Waals surface area contributed by atoms with Crippen molar-refractivity contribution in [3.63, 3.8) is 0 Å². The van der Waals surface area contributed by atoms with Crippen molar-refractivity contribution in [2.45, 2.75) is 44.4 Å². The summed E-state index contributed by atoms with van der Waals surface area (Å²) in [6.07, 6.45) is -1.66. The van der Waals surface area contributed by atoms with Gasteiger partial charge in [-0.1, -0.05) is 29.3 Å². The smallest absolute Gasteiger partial charge is 0.308 e. The minimum Gasteiger partial charge on any atom is -0.308 e. The van der Waals surface area contributed by atoms with E-state index in [4.69, 9.17) is 23.2 Å². The molecule has 1 amide bonds. The van der Waals surface area contributed by atoms with Gasteiger partial charge in [0.15, 0.2) is 11.5 Å². The Morgan fingerprint density at radius 1 is 1.19 bits per heavy atom. The predicted octanol–water partition coefficient (Wildman–Crippen LogP) is 5.50. The number of halogens is 6. The van der Waals surface area contributed by atoms with Crippen LogP contribution in [0.2, 0.25) is 10.0 Å². The van der Waals surface area contributed by atoms with Crippen molar-refractivity contribution < 1.29 is 22.4 Å². The van der Waals surface area contributed by atoms with Crippen molar-refractivity contribution in [3.05, 3.63) is 63.3 Å². The Bertz CT molecular complexity index is 1130. The van der Waals surface area contributed by atoms with E-state index in [1.807, 2.05) is 0 Å². The molecule has 32 heavy (non-hydrogen) atoms. The second kappa shape index (κ2) is 8.74. The number of aromatic nitrogens is 4. The molecule has 4 rings (SSSR count). The zero-order chi connectivity index (χ0) is 23.0. The third-order valence-electron chi connectivity index (χ3n) is 5.00. The number of carbonyl (C=O) groups excluding carboxylic acids is 1. The second-order valence-electron chi connectivity index (χ2n) is 7.47. The number of carbonyl (C=O) groups is 1. The van der Waals surface area contributed by atoms with E-state index in [0.29, 0.717) is 5.69 Å². The largest absolute Gasteiger partial charge is 0.435 e. The number of benzene rings is 1. The molecule has 2 heterocycles. The van der Waals surface area contributed by atoms with Gasteiger partial charge >= 0.3 is 6.18 Å². The summed E-state index contributed by atoms with van der Waals surface area (Å²) in [4.78, 5) is 12.4. The van der Waals surface area contributed by atoms with Crippen LogP contribution in [0.25, 0.3) is 0 Å². The van der Waals surface area contributed by atoms with E-state index < -0.39 is 23.6 Å². The van der Waals surface area contributed by atoms with Gasteiger partial charge in [0.25, 0.3) is 0 Å². The van der Waals surface area contributed by atoms with Crippen molar-refractivity contribution in [1.29, 1.82) is 0 Å². The van der Waals surface area contributed by atoms with Crippen molar-refractivity contribution in [3.8, 4) is 0 Å². The SMILES string of the molecule is O=C(CCn1nc(C(F)(F)F)cc1C1CC1)Nc1nn(Cc2c(F)cccc2Cl)cc1Cl. The normalized spacial score (nSPS) is 14.1. The minimum absolute atomic E-state index is 0.000643. The molecule has 1 aromatic carbocycles. The van der Waals surface area contributed by atoms with Crippen LogP contribution in [0.3, 0.4) is 0 Å². The molecule has 1 aliphatic rings. The molecule has 0 atom stereocenters. The lowest BCUT2D eigenvalue weighted by atomic mass is 10.2. The zero-order valence-corrected chi connectivity index (χ0v) is 18.0. The summed E-state index contributed by atoms with van der Waals surface area (Å²) in [6.45, 7) is -0.0176. The van der Waals surface area contributed by atoms with Gasteiger partial charge in [0, 0.05) is 41.4 Å². The number of alkyl halides is 3. The topological polar surface area (TPSA) is 64.7 Å². The van der Waals surface area contributed by atoms with E-state index >= 15 is 0 Å². The zero-order valence-electron chi connectivity index (χ0n) is 16.5. The predicted molar refractivity (Wildman–Crippen MR) is 110 cm³/mol. The molecule has 1 N–H and O–H groups in total. The Morgan fingerprint density at radius 3 is 2.59 bits per heavy atom. The number of rotatable bonds is 7. The average Bonchev–Trinajstić information content (AvgIpc) is 3.36.